The van der Waals surface area contributed by atoms with Crippen molar-refractivity contribution in [2.75, 3.05) is 41.0 Å². The molecule has 9 heteroatoms. The van der Waals surface area contributed by atoms with E-state index in [-0.39, 0.29) is 17.9 Å². The molecular weight excluding hydrogens is 486 g/mol. The van der Waals surface area contributed by atoms with E-state index in [2.05, 4.69) is 20.9 Å². The molecule has 37 heavy (non-hydrogen) atoms. The highest BCUT2D eigenvalue weighted by atomic mass is 32.2. The van der Waals surface area contributed by atoms with Gasteiger partial charge >= 0.3 is 6.03 Å². The molecule has 0 radical (unpaired) electrons. The molecule has 1 atom stereocenters. The van der Waals surface area contributed by atoms with Crippen molar-refractivity contribution in [2.24, 2.45) is 0 Å². The number of hydrogen-bond donors (Lipinski definition) is 3. The molecule has 0 saturated carbocycles. The minimum Gasteiger partial charge on any atom is -0.369 e. The number of nitrogens with one attached hydrogen (secondary N) is 3. The zero-order chi connectivity index (χ0) is 26.4. The highest BCUT2D eigenvalue weighted by Gasteiger charge is 2.27. The number of urea groups is 1. The van der Waals surface area contributed by atoms with Crippen LogP contribution in [-0.4, -0.2) is 48.9 Å². The maximum atomic E-state index is 12.7. The molecule has 3 aromatic rings. The van der Waals surface area contributed by atoms with Crippen molar-refractivity contribution >= 4 is 52.4 Å². The van der Waals surface area contributed by atoms with Crippen LogP contribution in [0.1, 0.15) is 20.3 Å². The summed E-state index contributed by atoms with van der Waals surface area (Å²) in [5, 5.41) is 8.48. The minimum absolute atomic E-state index is 0.0728. The topological polar surface area (TPSA) is 93.8 Å². The van der Waals surface area contributed by atoms with Crippen LogP contribution in [0.3, 0.4) is 0 Å². The van der Waals surface area contributed by atoms with Crippen molar-refractivity contribution in [3.63, 3.8) is 0 Å². The first-order valence-corrected chi connectivity index (χ1v) is 12.9. The maximum absolute atomic E-state index is 12.7. The first-order valence-electron chi connectivity index (χ1n) is 12.1. The van der Waals surface area contributed by atoms with Crippen molar-refractivity contribution in [3.8, 4) is 0 Å². The standard InChI is InChI=1S/C28H31N5O3S/c1-19(34)29-27-17-25(37-24-7-5-4-6-8-24)13-14-26(27)31-28(36)30-21-9-11-22(12-10-21)33-16-15-23(18-33)32(3)20(2)35/h4-14,17,23H,15-16,18H2,1-3H3,(H,29,34)(H2,30,31,36). The fraction of sp³-hybridized carbons (Fsp3) is 0.250. The average molecular weight is 518 g/mol. The van der Waals surface area contributed by atoms with E-state index in [0.29, 0.717) is 17.1 Å². The lowest BCUT2D eigenvalue weighted by Crippen LogP contribution is -2.37. The van der Waals surface area contributed by atoms with Crippen LogP contribution in [0.2, 0.25) is 0 Å². The van der Waals surface area contributed by atoms with Crippen molar-refractivity contribution in [1.29, 1.82) is 0 Å². The molecule has 4 amide bonds. The molecule has 1 fully saturated rings. The van der Waals surface area contributed by atoms with E-state index in [1.807, 2.05) is 73.8 Å². The first kappa shape index (κ1) is 26.1. The van der Waals surface area contributed by atoms with Gasteiger partial charge in [0.15, 0.2) is 0 Å². The Morgan fingerprint density at radius 3 is 2.27 bits per heavy atom. The molecule has 1 saturated heterocycles. The van der Waals surface area contributed by atoms with Gasteiger partial charge in [0, 0.05) is 55.2 Å². The molecule has 1 aliphatic heterocycles. The Morgan fingerprint density at radius 2 is 1.59 bits per heavy atom. The second-order valence-electron chi connectivity index (χ2n) is 8.95. The molecule has 3 N–H and O–H groups in total. The Bertz CT molecular complexity index is 1270. The molecule has 1 unspecified atom stereocenters. The molecular formula is C28H31N5O3S. The predicted molar refractivity (Wildman–Crippen MR) is 149 cm³/mol. The number of hydrogen-bond acceptors (Lipinski definition) is 5. The summed E-state index contributed by atoms with van der Waals surface area (Å²) in [6.45, 7) is 4.68. The van der Waals surface area contributed by atoms with Gasteiger partial charge in [-0.15, -0.1) is 0 Å². The summed E-state index contributed by atoms with van der Waals surface area (Å²) >= 11 is 1.57. The summed E-state index contributed by atoms with van der Waals surface area (Å²) in [5.41, 5.74) is 2.72. The smallest absolute Gasteiger partial charge is 0.323 e. The SMILES string of the molecule is CC(=O)Nc1cc(Sc2ccccc2)ccc1NC(=O)Nc1ccc(N2CCC(N(C)C(C)=O)C2)cc1. The van der Waals surface area contributed by atoms with E-state index in [9.17, 15) is 14.4 Å². The molecule has 0 aliphatic carbocycles. The van der Waals surface area contributed by atoms with Gasteiger partial charge < -0.3 is 25.8 Å². The molecule has 0 bridgehead atoms. The number of nitrogens with zero attached hydrogens (tertiary/aromatic N) is 2. The van der Waals surface area contributed by atoms with Gasteiger partial charge in [0.1, 0.15) is 0 Å². The molecule has 192 valence electrons. The van der Waals surface area contributed by atoms with E-state index < -0.39 is 6.03 Å². The van der Waals surface area contributed by atoms with Gasteiger partial charge in [-0.05, 0) is 61.0 Å². The quantitative estimate of drug-likeness (QED) is 0.385. The summed E-state index contributed by atoms with van der Waals surface area (Å²) in [7, 11) is 1.84. The Labute approximate surface area is 221 Å². The Balaban J connectivity index is 1.38. The summed E-state index contributed by atoms with van der Waals surface area (Å²) in [6, 6.07) is 22.9. The molecule has 8 nitrogen and oxygen atoms in total. The number of carbonyl (C=O) groups excluding carboxylic acids is 3. The third-order valence-corrected chi connectivity index (χ3v) is 7.22. The lowest BCUT2D eigenvalue weighted by Gasteiger charge is -2.24. The van der Waals surface area contributed by atoms with E-state index >= 15 is 0 Å². The fourth-order valence-electron chi connectivity index (χ4n) is 4.20. The van der Waals surface area contributed by atoms with Crippen molar-refractivity contribution in [1.82, 2.24) is 4.90 Å². The van der Waals surface area contributed by atoms with Gasteiger partial charge in [-0.25, -0.2) is 4.79 Å². The van der Waals surface area contributed by atoms with Crippen LogP contribution in [0.15, 0.2) is 82.6 Å². The summed E-state index contributed by atoms with van der Waals surface area (Å²) < 4.78 is 0. The maximum Gasteiger partial charge on any atom is 0.323 e. The summed E-state index contributed by atoms with van der Waals surface area (Å²) in [4.78, 5) is 42.2. The zero-order valence-corrected chi connectivity index (χ0v) is 22.0. The van der Waals surface area contributed by atoms with E-state index in [1.54, 1.807) is 29.7 Å². The molecule has 1 aliphatic rings. The lowest BCUT2D eigenvalue weighted by molar-refractivity contribution is -0.129. The Hall–Kier alpha value is -3.98. The summed E-state index contributed by atoms with van der Waals surface area (Å²) in [6.07, 6.45) is 0.928. The van der Waals surface area contributed by atoms with Crippen LogP contribution in [0.25, 0.3) is 0 Å². The van der Waals surface area contributed by atoms with Gasteiger partial charge in [-0.2, -0.15) is 0 Å². The minimum atomic E-state index is -0.410. The zero-order valence-electron chi connectivity index (χ0n) is 21.2. The van der Waals surface area contributed by atoms with Gasteiger partial charge in [0.25, 0.3) is 0 Å². The second kappa shape index (κ2) is 11.8. The monoisotopic (exact) mass is 517 g/mol. The van der Waals surface area contributed by atoms with Crippen LogP contribution in [-0.2, 0) is 9.59 Å². The number of rotatable bonds is 7. The van der Waals surface area contributed by atoms with Crippen LogP contribution in [0, 0.1) is 0 Å². The van der Waals surface area contributed by atoms with Crippen LogP contribution in [0.4, 0.5) is 27.5 Å². The van der Waals surface area contributed by atoms with Crippen LogP contribution < -0.4 is 20.9 Å². The molecule has 4 rings (SSSR count). The van der Waals surface area contributed by atoms with Crippen LogP contribution in [0.5, 0.6) is 0 Å². The lowest BCUT2D eigenvalue weighted by atomic mass is 10.2. The number of amides is 4. The van der Waals surface area contributed by atoms with Gasteiger partial charge in [0.2, 0.25) is 11.8 Å². The van der Waals surface area contributed by atoms with E-state index in [4.69, 9.17) is 0 Å². The van der Waals surface area contributed by atoms with Crippen molar-refractivity contribution < 1.29 is 14.4 Å². The Kier molecular flexibility index (Phi) is 8.35. The third kappa shape index (κ3) is 7.04. The number of likely N-dealkylation sites (N-methyl/N-ethyl adjacent to an activating group) is 1. The van der Waals surface area contributed by atoms with Gasteiger partial charge in [-0.1, -0.05) is 30.0 Å². The number of benzene rings is 3. The number of carbonyl (C=O) groups is 3. The molecule has 3 aromatic carbocycles. The van der Waals surface area contributed by atoms with Crippen molar-refractivity contribution in [3.05, 3.63) is 72.8 Å². The molecule has 0 spiro atoms. The Morgan fingerprint density at radius 1 is 0.865 bits per heavy atom. The fourth-order valence-corrected chi connectivity index (χ4v) is 5.08. The normalized spacial score (nSPS) is 14.7. The van der Waals surface area contributed by atoms with Gasteiger partial charge in [0.05, 0.1) is 17.4 Å². The van der Waals surface area contributed by atoms with E-state index in [0.717, 1.165) is 35.0 Å². The highest BCUT2D eigenvalue weighted by Crippen LogP contribution is 2.33. The largest absolute Gasteiger partial charge is 0.369 e. The molecule has 0 aromatic heterocycles. The highest BCUT2D eigenvalue weighted by molar-refractivity contribution is 7.99. The van der Waals surface area contributed by atoms with E-state index in [1.165, 1.54) is 6.92 Å². The average Bonchev–Trinajstić information content (AvgIpc) is 3.36. The van der Waals surface area contributed by atoms with Crippen LogP contribution >= 0.6 is 11.8 Å². The molecule has 1 heterocycles. The number of anilines is 4. The summed E-state index contributed by atoms with van der Waals surface area (Å²) in [5.74, 6) is -0.150. The predicted octanol–water partition coefficient (Wildman–Crippen LogP) is 5.50. The second-order valence-corrected chi connectivity index (χ2v) is 10.1. The van der Waals surface area contributed by atoms with Gasteiger partial charge in [-0.3, -0.25) is 9.59 Å². The first-order chi connectivity index (χ1) is 17.8. The van der Waals surface area contributed by atoms with Crippen molar-refractivity contribution in [2.45, 2.75) is 36.1 Å². The third-order valence-electron chi connectivity index (χ3n) is 6.23.